The molecule has 10 heteroatoms. The van der Waals surface area contributed by atoms with Gasteiger partial charge in [-0.05, 0) is 54.4 Å². The molecule has 0 radical (unpaired) electrons. The number of anilines is 4. The van der Waals surface area contributed by atoms with Gasteiger partial charge in [0, 0.05) is 18.8 Å². The highest BCUT2D eigenvalue weighted by atomic mass is 19.1. The molecule has 1 saturated heterocycles. The number of morpholine rings is 1. The average molecular weight is 502 g/mol. The van der Waals surface area contributed by atoms with Crippen LogP contribution in [0.15, 0.2) is 73.1 Å². The van der Waals surface area contributed by atoms with Crippen molar-refractivity contribution in [2.75, 3.05) is 41.9 Å². The zero-order chi connectivity index (χ0) is 25.6. The monoisotopic (exact) mass is 501 g/mol. The Balaban J connectivity index is 1.16. The summed E-state index contributed by atoms with van der Waals surface area (Å²) in [5.41, 5.74) is 10.8. The number of phenols is 1. The van der Waals surface area contributed by atoms with Gasteiger partial charge in [-0.25, -0.2) is 14.8 Å². The number of phenolic OH excluding ortho intramolecular Hbond substituents is 1. The number of aromatic hydroxyl groups is 1. The van der Waals surface area contributed by atoms with Crippen LogP contribution in [-0.4, -0.2) is 46.4 Å². The minimum atomic E-state index is -0.458. The Morgan fingerprint density at radius 2 is 1.57 bits per heavy atom. The molecule has 3 heterocycles. The Morgan fingerprint density at radius 3 is 2.24 bits per heavy atom. The quantitative estimate of drug-likeness (QED) is 0.257. The van der Waals surface area contributed by atoms with Gasteiger partial charge in [0.05, 0.1) is 43.0 Å². The normalized spacial score (nSPS) is 14.3. The number of benzene rings is 2. The van der Waals surface area contributed by atoms with Gasteiger partial charge < -0.3 is 20.1 Å². The minimum absolute atomic E-state index is 0.154. The Labute approximate surface area is 214 Å². The van der Waals surface area contributed by atoms with E-state index in [1.807, 2.05) is 60.4 Å². The molecular formula is C27H28FN7O2. The fourth-order valence-electron chi connectivity index (χ4n) is 3.96. The lowest BCUT2D eigenvalue weighted by molar-refractivity contribution is 0.122. The van der Waals surface area contributed by atoms with Crippen LogP contribution in [0.4, 0.5) is 27.5 Å². The molecule has 1 unspecified atom stereocenters. The van der Waals surface area contributed by atoms with Gasteiger partial charge in [0.15, 0.2) is 11.6 Å². The number of ether oxygens (including phenoxy) is 1. The molecule has 0 aliphatic carbocycles. The van der Waals surface area contributed by atoms with Gasteiger partial charge in [-0.2, -0.15) is 4.98 Å². The first-order valence-electron chi connectivity index (χ1n) is 12.0. The summed E-state index contributed by atoms with van der Waals surface area (Å²) in [5.74, 6) is 0.337. The van der Waals surface area contributed by atoms with Crippen molar-refractivity contribution in [1.29, 1.82) is 0 Å². The maximum atomic E-state index is 14.2. The minimum Gasteiger partial charge on any atom is -0.508 e. The zero-order valence-corrected chi connectivity index (χ0v) is 20.4. The van der Waals surface area contributed by atoms with E-state index in [0.29, 0.717) is 26.3 Å². The molecule has 5 rings (SSSR count). The van der Waals surface area contributed by atoms with Crippen molar-refractivity contribution >= 4 is 23.1 Å². The van der Waals surface area contributed by atoms with E-state index in [0.717, 1.165) is 28.2 Å². The van der Waals surface area contributed by atoms with Gasteiger partial charge in [-0.3, -0.25) is 10.4 Å². The van der Waals surface area contributed by atoms with Crippen molar-refractivity contribution < 1.29 is 14.2 Å². The molecule has 37 heavy (non-hydrogen) atoms. The van der Waals surface area contributed by atoms with E-state index in [2.05, 4.69) is 31.1 Å². The lowest BCUT2D eigenvalue weighted by Gasteiger charge is -2.28. The van der Waals surface area contributed by atoms with Crippen LogP contribution < -0.4 is 21.1 Å². The number of halogens is 1. The van der Waals surface area contributed by atoms with Gasteiger partial charge >= 0.3 is 0 Å². The summed E-state index contributed by atoms with van der Waals surface area (Å²) in [5, 5.41) is 12.8. The Bertz CT molecular complexity index is 1310. The summed E-state index contributed by atoms with van der Waals surface area (Å²) in [4.78, 5) is 14.8. The summed E-state index contributed by atoms with van der Waals surface area (Å²) < 4.78 is 19.6. The smallest absolute Gasteiger partial charge is 0.239 e. The lowest BCUT2D eigenvalue weighted by atomic mass is 10.1. The van der Waals surface area contributed by atoms with Crippen LogP contribution in [0.5, 0.6) is 5.75 Å². The number of nitrogens with zero attached hydrogens (tertiary/aromatic N) is 4. The number of rotatable bonds is 8. The number of aromatic nitrogens is 3. The third-order valence-corrected chi connectivity index (χ3v) is 6.04. The third kappa shape index (κ3) is 6.11. The van der Waals surface area contributed by atoms with E-state index < -0.39 is 5.82 Å². The van der Waals surface area contributed by atoms with E-state index in [1.165, 1.54) is 6.20 Å². The molecule has 4 N–H and O–H groups in total. The van der Waals surface area contributed by atoms with E-state index in [4.69, 9.17) is 4.74 Å². The summed E-state index contributed by atoms with van der Waals surface area (Å²) >= 11 is 0. The summed E-state index contributed by atoms with van der Waals surface area (Å²) in [6.45, 7) is 4.22. The molecule has 1 aliphatic heterocycles. The predicted molar refractivity (Wildman–Crippen MR) is 141 cm³/mol. The molecule has 1 fully saturated rings. The Kier molecular flexibility index (Phi) is 7.38. The van der Waals surface area contributed by atoms with Gasteiger partial charge in [0.25, 0.3) is 0 Å². The first kappa shape index (κ1) is 24.4. The molecule has 0 saturated carbocycles. The first-order chi connectivity index (χ1) is 18.0. The number of nitrogens with one attached hydrogen (secondary N) is 3. The zero-order valence-electron chi connectivity index (χ0n) is 20.4. The molecule has 1 atom stereocenters. The molecule has 0 amide bonds. The van der Waals surface area contributed by atoms with Crippen LogP contribution in [0.1, 0.15) is 18.7 Å². The molecule has 2 aromatic heterocycles. The van der Waals surface area contributed by atoms with Gasteiger partial charge in [-0.1, -0.05) is 24.3 Å². The fraction of sp³-hybridized carbons (Fsp3) is 0.222. The number of hydrogen-bond donors (Lipinski definition) is 4. The van der Waals surface area contributed by atoms with E-state index in [9.17, 15) is 9.50 Å². The van der Waals surface area contributed by atoms with Gasteiger partial charge in [-0.15, -0.1) is 0 Å². The molecule has 190 valence electrons. The lowest BCUT2D eigenvalue weighted by Crippen LogP contribution is -2.37. The van der Waals surface area contributed by atoms with Gasteiger partial charge in [0.1, 0.15) is 5.75 Å². The maximum absolute atomic E-state index is 14.2. The second kappa shape index (κ2) is 11.2. The molecule has 0 spiro atoms. The Hall–Kier alpha value is -4.28. The molecule has 9 nitrogen and oxygen atoms in total. The van der Waals surface area contributed by atoms with Crippen LogP contribution in [0.25, 0.3) is 11.1 Å². The highest BCUT2D eigenvalue weighted by Gasteiger charge is 2.18. The van der Waals surface area contributed by atoms with Crippen LogP contribution >= 0.6 is 0 Å². The van der Waals surface area contributed by atoms with Crippen LogP contribution in [0.2, 0.25) is 0 Å². The topological polar surface area (TPSA) is 107 Å². The van der Waals surface area contributed by atoms with Crippen molar-refractivity contribution in [3.63, 3.8) is 0 Å². The maximum Gasteiger partial charge on any atom is 0.239 e. The highest BCUT2D eigenvalue weighted by Crippen LogP contribution is 2.25. The number of hydrogen-bond acceptors (Lipinski definition) is 9. The first-order valence-corrected chi connectivity index (χ1v) is 12.0. The fourth-order valence-corrected chi connectivity index (χ4v) is 3.96. The number of pyridine rings is 1. The summed E-state index contributed by atoms with van der Waals surface area (Å²) in [7, 11) is 0. The summed E-state index contributed by atoms with van der Waals surface area (Å²) in [6.07, 6.45) is 2.94. The highest BCUT2D eigenvalue weighted by molar-refractivity contribution is 5.68. The van der Waals surface area contributed by atoms with E-state index in [1.54, 1.807) is 18.3 Å². The van der Waals surface area contributed by atoms with Crippen molar-refractivity contribution in [2.45, 2.75) is 13.0 Å². The van der Waals surface area contributed by atoms with Crippen molar-refractivity contribution in [3.8, 4) is 16.9 Å². The van der Waals surface area contributed by atoms with Gasteiger partial charge in [0.2, 0.25) is 5.95 Å². The Morgan fingerprint density at radius 1 is 0.892 bits per heavy atom. The third-order valence-electron chi connectivity index (χ3n) is 6.04. The van der Waals surface area contributed by atoms with Crippen LogP contribution in [0.3, 0.4) is 0 Å². The predicted octanol–water partition coefficient (Wildman–Crippen LogP) is 4.64. The second-order valence-electron chi connectivity index (χ2n) is 8.68. The van der Waals surface area contributed by atoms with E-state index >= 15 is 0 Å². The standard InChI is InChI=1S/C27H28FN7O2/c1-18(33-34-27-30-17-24(28)26(32-27)35-12-14-37-15-13-35)25-11-8-22(16-29-25)31-21-6-2-19(3-7-21)20-4-9-23(36)10-5-20/h2-11,16-18,31,33,36H,12-15H2,1H3,(H,30,32,34). The second-order valence-corrected chi connectivity index (χ2v) is 8.68. The van der Waals surface area contributed by atoms with Crippen molar-refractivity contribution in [3.05, 3.63) is 84.6 Å². The SMILES string of the molecule is CC(NNc1ncc(F)c(N2CCOCC2)n1)c1ccc(Nc2ccc(-c3ccc(O)cc3)cc2)cn1. The van der Waals surface area contributed by atoms with Crippen LogP contribution in [0, 0.1) is 5.82 Å². The molecule has 1 aliphatic rings. The van der Waals surface area contributed by atoms with Crippen LogP contribution in [-0.2, 0) is 4.74 Å². The average Bonchev–Trinajstić information content (AvgIpc) is 2.94. The van der Waals surface area contributed by atoms with Crippen molar-refractivity contribution in [1.82, 2.24) is 20.4 Å². The molecule has 4 aromatic rings. The summed E-state index contributed by atoms with van der Waals surface area (Å²) in [6, 6.07) is 18.9. The van der Waals surface area contributed by atoms with E-state index in [-0.39, 0.29) is 23.6 Å². The molecule has 2 aromatic carbocycles. The number of hydrazine groups is 1. The van der Waals surface area contributed by atoms with Crippen molar-refractivity contribution in [2.24, 2.45) is 0 Å². The molecule has 0 bridgehead atoms. The molecular weight excluding hydrogens is 473 g/mol. The largest absolute Gasteiger partial charge is 0.508 e.